The van der Waals surface area contributed by atoms with Gasteiger partial charge in [0.1, 0.15) is 18.7 Å². The summed E-state index contributed by atoms with van der Waals surface area (Å²) in [5.41, 5.74) is 0.975. The van der Waals surface area contributed by atoms with Crippen LogP contribution in [-0.2, 0) is 0 Å². The van der Waals surface area contributed by atoms with Crippen molar-refractivity contribution in [3.63, 3.8) is 0 Å². The second kappa shape index (κ2) is 5.43. The van der Waals surface area contributed by atoms with Gasteiger partial charge >= 0.3 is 6.18 Å². The Morgan fingerprint density at radius 1 is 1.14 bits per heavy atom. The maximum absolute atomic E-state index is 12.9. The number of hydrogen-bond acceptors (Lipinski definition) is 3. The number of halogens is 3. The molecule has 0 saturated carbocycles. The molecule has 2 heterocycles. The van der Waals surface area contributed by atoms with Gasteiger partial charge in [0.2, 0.25) is 0 Å². The van der Waals surface area contributed by atoms with Gasteiger partial charge in [-0.1, -0.05) is 0 Å². The predicted octanol–water partition coefficient (Wildman–Crippen LogP) is 2.43. The molecule has 1 saturated heterocycles. The lowest BCUT2D eigenvalue weighted by Crippen LogP contribution is -2.44. The molecule has 1 unspecified atom stereocenters. The number of nitrogens with zero attached hydrogens (tertiary/aromatic N) is 4. The van der Waals surface area contributed by atoms with Crippen LogP contribution in [0.15, 0.2) is 36.9 Å². The molecular weight excluding hydrogens is 297 g/mol. The van der Waals surface area contributed by atoms with Gasteiger partial charge in [0.05, 0.1) is 0 Å². The van der Waals surface area contributed by atoms with Crippen molar-refractivity contribution in [3.05, 3.63) is 42.5 Å². The number of hydrogen-bond donors (Lipinski definition) is 0. The average Bonchev–Trinajstić information content (AvgIpc) is 3.17. The molecule has 22 heavy (non-hydrogen) atoms. The van der Waals surface area contributed by atoms with Gasteiger partial charge in [-0.25, -0.2) is 0 Å². The van der Waals surface area contributed by atoms with Crippen molar-refractivity contribution in [1.82, 2.24) is 19.7 Å². The van der Waals surface area contributed by atoms with E-state index in [1.807, 2.05) is 0 Å². The second-order valence-corrected chi connectivity index (χ2v) is 5.11. The fourth-order valence-corrected chi connectivity index (χ4v) is 2.63. The van der Waals surface area contributed by atoms with E-state index < -0.39 is 18.1 Å². The first-order valence-electron chi connectivity index (χ1n) is 6.79. The third-order valence-corrected chi connectivity index (χ3v) is 3.72. The molecule has 8 heteroatoms. The Bertz CT molecular complexity index is 652. The van der Waals surface area contributed by atoms with E-state index in [2.05, 4.69) is 10.2 Å². The summed E-state index contributed by atoms with van der Waals surface area (Å²) in [5, 5.41) is 7.34. The molecule has 1 fully saturated rings. The van der Waals surface area contributed by atoms with Crippen molar-refractivity contribution in [2.75, 3.05) is 6.54 Å². The van der Waals surface area contributed by atoms with Gasteiger partial charge in [-0.2, -0.15) is 13.2 Å². The molecule has 0 bridgehead atoms. The molecule has 0 radical (unpaired) electrons. The van der Waals surface area contributed by atoms with Crippen molar-refractivity contribution >= 4 is 5.91 Å². The van der Waals surface area contributed by atoms with Gasteiger partial charge in [0, 0.05) is 17.8 Å². The Labute approximate surface area is 124 Å². The van der Waals surface area contributed by atoms with Crippen molar-refractivity contribution < 1.29 is 18.0 Å². The van der Waals surface area contributed by atoms with Crippen LogP contribution in [0.1, 0.15) is 23.2 Å². The zero-order valence-corrected chi connectivity index (χ0v) is 11.5. The van der Waals surface area contributed by atoms with Gasteiger partial charge < -0.3 is 4.90 Å². The van der Waals surface area contributed by atoms with Gasteiger partial charge in [0.25, 0.3) is 5.91 Å². The Morgan fingerprint density at radius 2 is 1.77 bits per heavy atom. The smallest absolute Gasteiger partial charge is 0.327 e. The third-order valence-electron chi connectivity index (χ3n) is 3.72. The van der Waals surface area contributed by atoms with E-state index in [1.54, 1.807) is 16.7 Å². The molecule has 1 aliphatic heterocycles. The minimum absolute atomic E-state index is 0.0337. The molecule has 0 N–H and O–H groups in total. The standard InChI is InChI=1S/C14H13F3N4O/c15-14(16,17)12-2-1-7-21(12)13(22)10-3-5-11(6-4-10)20-8-18-19-9-20/h3-6,8-9,12H,1-2,7H2. The number of aromatic nitrogens is 3. The van der Waals surface area contributed by atoms with Crippen LogP contribution in [0.2, 0.25) is 0 Å². The lowest BCUT2D eigenvalue weighted by atomic mass is 10.1. The Morgan fingerprint density at radius 3 is 2.36 bits per heavy atom. The van der Waals surface area contributed by atoms with E-state index in [0.29, 0.717) is 6.42 Å². The van der Waals surface area contributed by atoms with Crippen LogP contribution in [0.4, 0.5) is 13.2 Å². The number of rotatable bonds is 2. The zero-order valence-electron chi connectivity index (χ0n) is 11.5. The van der Waals surface area contributed by atoms with Gasteiger partial charge in [0.15, 0.2) is 0 Å². The number of benzene rings is 1. The minimum atomic E-state index is -4.38. The van der Waals surface area contributed by atoms with E-state index in [0.717, 1.165) is 10.6 Å². The summed E-state index contributed by atoms with van der Waals surface area (Å²) in [7, 11) is 0. The fourth-order valence-electron chi connectivity index (χ4n) is 2.63. The minimum Gasteiger partial charge on any atom is -0.327 e. The first-order chi connectivity index (χ1) is 10.5. The fraction of sp³-hybridized carbons (Fsp3) is 0.357. The highest BCUT2D eigenvalue weighted by molar-refractivity contribution is 5.94. The molecule has 1 aromatic heterocycles. The summed E-state index contributed by atoms with van der Waals surface area (Å²) in [6.07, 6.45) is -1.05. The number of likely N-dealkylation sites (tertiary alicyclic amines) is 1. The van der Waals surface area contributed by atoms with Crippen molar-refractivity contribution in [2.24, 2.45) is 0 Å². The summed E-state index contributed by atoms with van der Waals surface area (Å²) in [6, 6.07) is 4.65. The molecule has 3 rings (SSSR count). The summed E-state index contributed by atoms with van der Waals surface area (Å²) in [4.78, 5) is 13.2. The van der Waals surface area contributed by atoms with Crippen LogP contribution < -0.4 is 0 Å². The summed E-state index contributed by atoms with van der Waals surface area (Å²) < 4.78 is 40.4. The monoisotopic (exact) mass is 310 g/mol. The predicted molar refractivity (Wildman–Crippen MR) is 71.5 cm³/mol. The molecule has 2 aromatic rings. The molecule has 1 amide bonds. The SMILES string of the molecule is O=C(c1ccc(-n2cnnc2)cc1)N1CCCC1C(F)(F)F. The van der Waals surface area contributed by atoms with Crippen LogP contribution in [0.3, 0.4) is 0 Å². The third kappa shape index (κ3) is 2.68. The van der Waals surface area contributed by atoms with Crippen LogP contribution in [0.25, 0.3) is 5.69 Å². The number of amides is 1. The Hall–Kier alpha value is -2.38. The lowest BCUT2D eigenvalue weighted by molar-refractivity contribution is -0.169. The van der Waals surface area contributed by atoms with Gasteiger partial charge in [-0.15, -0.1) is 10.2 Å². The zero-order chi connectivity index (χ0) is 15.7. The first-order valence-corrected chi connectivity index (χ1v) is 6.79. The maximum Gasteiger partial charge on any atom is 0.408 e. The van der Waals surface area contributed by atoms with Gasteiger partial charge in [-0.05, 0) is 37.1 Å². The van der Waals surface area contributed by atoms with Crippen LogP contribution >= 0.6 is 0 Å². The van der Waals surface area contributed by atoms with E-state index >= 15 is 0 Å². The molecular formula is C14H13F3N4O. The highest BCUT2D eigenvalue weighted by Crippen LogP contribution is 2.33. The van der Waals surface area contributed by atoms with Crippen LogP contribution in [-0.4, -0.2) is 44.3 Å². The number of alkyl halides is 3. The number of carbonyl (C=O) groups excluding carboxylic acids is 1. The van der Waals surface area contributed by atoms with Gasteiger partial charge in [-0.3, -0.25) is 9.36 Å². The summed E-state index contributed by atoms with van der Waals surface area (Å²) in [5.74, 6) is -0.588. The normalized spacial score (nSPS) is 18.7. The lowest BCUT2D eigenvalue weighted by Gasteiger charge is -2.26. The molecule has 5 nitrogen and oxygen atoms in total. The summed E-state index contributed by atoms with van der Waals surface area (Å²) >= 11 is 0. The Balaban J connectivity index is 1.80. The second-order valence-electron chi connectivity index (χ2n) is 5.11. The van der Waals surface area contributed by atoms with Crippen molar-refractivity contribution in [2.45, 2.75) is 25.1 Å². The molecule has 116 valence electrons. The molecule has 1 atom stereocenters. The quantitative estimate of drug-likeness (QED) is 0.856. The van der Waals surface area contributed by atoms with E-state index in [9.17, 15) is 18.0 Å². The van der Waals surface area contributed by atoms with Crippen molar-refractivity contribution in [3.8, 4) is 5.69 Å². The first kappa shape index (κ1) is 14.6. The average molecular weight is 310 g/mol. The Kier molecular flexibility index (Phi) is 3.59. The highest BCUT2D eigenvalue weighted by atomic mass is 19.4. The molecule has 0 aliphatic carbocycles. The van der Waals surface area contributed by atoms with E-state index in [-0.39, 0.29) is 18.5 Å². The van der Waals surface area contributed by atoms with E-state index in [1.165, 1.54) is 24.8 Å². The molecule has 1 aromatic carbocycles. The van der Waals surface area contributed by atoms with Crippen LogP contribution in [0, 0.1) is 0 Å². The van der Waals surface area contributed by atoms with Crippen LogP contribution in [0.5, 0.6) is 0 Å². The largest absolute Gasteiger partial charge is 0.408 e. The van der Waals surface area contributed by atoms with Crippen molar-refractivity contribution in [1.29, 1.82) is 0 Å². The van der Waals surface area contributed by atoms with E-state index in [4.69, 9.17) is 0 Å². The highest BCUT2D eigenvalue weighted by Gasteiger charge is 2.47. The topological polar surface area (TPSA) is 51.0 Å². The summed E-state index contributed by atoms with van der Waals surface area (Å²) in [6.45, 7) is 0.135. The maximum atomic E-state index is 12.9. The molecule has 0 spiro atoms. The molecule has 1 aliphatic rings. The number of carbonyl (C=O) groups is 1.